The second-order valence-electron chi connectivity index (χ2n) is 6.24. The SMILES string of the molecule is CCC(CC)(P(=O)([O-])CC/C=C(\C)CCC=C(C)C)[P+]([O-])([O-])[O-].[K+].[K+].[K+]. The summed E-state index contributed by atoms with van der Waals surface area (Å²) in [7, 11) is -9.57. The van der Waals surface area contributed by atoms with Crippen LogP contribution in [0, 0.1) is 0 Å². The first kappa shape index (κ1) is 38.2. The largest absolute Gasteiger partial charge is 1.00 e. The predicted octanol–water partition coefficient (Wildman–Crippen LogP) is -6.92. The molecule has 0 saturated carbocycles. The molecule has 0 aliphatic rings. The maximum atomic E-state index is 12.5. The van der Waals surface area contributed by atoms with Gasteiger partial charge in [0, 0.05) is 0 Å². The van der Waals surface area contributed by atoms with E-state index in [-0.39, 0.29) is 180 Å². The van der Waals surface area contributed by atoms with E-state index in [4.69, 9.17) is 0 Å². The summed E-state index contributed by atoms with van der Waals surface area (Å²) < 4.78 is 12.5. The van der Waals surface area contributed by atoms with Crippen LogP contribution in [0.15, 0.2) is 23.3 Å². The Bertz CT molecular complexity index is 483. The smallest absolute Gasteiger partial charge is 0.796 e. The van der Waals surface area contributed by atoms with Crippen LogP contribution in [0.5, 0.6) is 0 Å². The average Bonchev–Trinajstić information content (AvgIpc) is 2.37. The Hall–Kier alpha value is 4.89. The molecule has 0 bridgehead atoms. The van der Waals surface area contributed by atoms with Crippen LogP contribution in [0.25, 0.3) is 0 Å². The molecular weight excluding hydrogens is 451 g/mol. The molecule has 0 rings (SSSR count). The van der Waals surface area contributed by atoms with Crippen LogP contribution in [0.2, 0.25) is 0 Å². The summed E-state index contributed by atoms with van der Waals surface area (Å²) in [6.07, 6.45) is 5.22. The normalized spacial score (nSPS) is 14.3. The molecule has 0 aliphatic heterocycles. The summed E-state index contributed by atoms with van der Waals surface area (Å²) >= 11 is 0. The number of rotatable bonds is 10. The third kappa shape index (κ3) is 12.8. The summed E-state index contributed by atoms with van der Waals surface area (Å²) in [5.41, 5.74) is 2.30. The predicted molar refractivity (Wildman–Crippen MR) is 89.7 cm³/mol. The molecule has 0 aromatic heterocycles. The van der Waals surface area contributed by atoms with E-state index in [1.54, 1.807) is 0 Å². The van der Waals surface area contributed by atoms with Crippen molar-refractivity contribution in [3.63, 3.8) is 0 Å². The van der Waals surface area contributed by atoms with Gasteiger partial charge in [0.05, 0.1) is 7.37 Å². The monoisotopic (exact) mass is 480 g/mol. The Balaban J connectivity index is -0.000000807. The molecular formula is C16H29K3O5P2. The van der Waals surface area contributed by atoms with Gasteiger partial charge in [0.1, 0.15) is 4.90 Å². The molecule has 0 spiro atoms. The molecule has 1 unspecified atom stereocenters. The summed E-state index contributed by atoms with van der Waals surface area (Å²) in [6.45, 7) is 8.85. The van der Waals surface area contributed by atoms with Crippen molar-refractivity contribution >= 4 is 15.3 Å². The van der Waals surface area contributed by atoms with E-state index in [2.05, 4.69) is 6.08 Å². The van der Waals surface area contributed by atoms with E-state index in [1.165, 1.54) is 19.4 Å². The van der Waals surface area contributed by atoms with Gasteiger partial charge < -0.3 is 24.1 Å². The van der Waals surface area contributed by atoms with Gasteiger partial charge in [-0.3, -0.25) is 0 Å². The number of hydrogen-bond acceptors (Lipinski definition) is 5. The molecule has 0 heterocycles. The van der Waals surface area contributed by atoms with Crippen molar-refractivity contribution in [1.82, 2.24) is 0 Å². The van der Waals surface area contributed by atoms with E-state index in [1.807, 2.05) is 26.8 Å². The Labute approximate surface area is 287 Å². The molecule has 0 aliphatic carbocycles. The molecule has 0 aromatic rings. The van der Waals surface area contributed by atoms with Crippen LogP contribution in [-0.2, 0) is 4.57 Å². The van der Waals surface area contributed by atoms with Gasteiger partial charge in [-0.15, -0.1) is 0 Å². The quantitative estimate of drug-likeness (QED) is 0.175. The van der Waals surface area contributed by atoms with E-state index in [0.717, 1.165) is 18.4 Å². The summed E-state index contributed by atoms with van der Waals surface area (Å²) in [5.74, 6) is 0. The van der Waals surface area contributed by atoms with Crippen LogP contribution in [0.4, 0.5) is 0 Å². The fourth-order valence-corrected chi connectivity index (χ4v) is 7.10. The first-order valence-corrected chi connectivity index (χ1v) is 11.4. The van der Waals surface area contributed by atoms with E-state index in [0.29, 0.717) is 0 Å². The Kier molecular flexibility index (Phi) is 26.9. The summed E-state index contributed by atoms with van der Waals surface area (Å²) in [6, 6.07) is 0. The van der Waals surface area contributed by atoms with Crippen molar-refractivity contribution < 1.29 is 178 Å². The van der Waals surface area contributed by atoms with E-state index in [9.17, 15) is 24.1 Å². The zero-order valence-corrected chi connectivity index (χ0v) is 29.0. The number of allylic oxidation sites excluding steroid dienone is 4. The van der Waals surface area contributed by atoms with Gasteiger partial charge in [-0.2, -0.15) is 7.94 Å². The molecule has 26 heavy (non-hydrogen) atoms. The van der Waals surface area contributed by atoms with Crippen LogP contribution in [-0.4, -0.2) is 11.1 Å². The van der Waals surface area contributed by atoms with Gasteiger partial charge in [-0.05, 0) is 59.0 Å². The molecule has 0 radical (unpaired) electrons. The Morgan fingerprint density at radius 3 is 1.77 bits per heavy atom. The Morgan fingerprint density at radius 2 is 1.42 bits per heavy atom. The minimum Gasteiger partial charge on any atom is -0.796 e. The van der Waals surface area contributed by atoms with Crippen molar-refractivity contribution in [3.8, 4) is 0 Å². The van der Waals surface area contributed by atoms with Gasteiger partial charge in [-0.1, -0.05) is 37.1 Å². The standard InChI is InChI=1S/C16H32O5P2.3K/c1-6-16(7-2,23(19,20)21)22(17,18)13-9-12-15(5)11-8-10-14(3)4;;;/h10,12H,6-9,11,13H2,1-5H3,(H,17,18)(H2,19,20,21);;;/q;3*+1/p-3/b15-12+;;;. The summed E-state index contributed by atoms with van der Waals surface area (Å²) in [5, 5.41) is 0. The minimum absolute atomic E-state index is 0. The van der Waals surface area contributed by atoms with E-state index < -0.39 is 20.2 Å². The minimum atomic E-state index is -5.22. The van der Waals surface area contributed by atoms with Crippen molar-refractivity contribution in [2.45, 2.75) is 71.6 Å². The topological polar surface area (TPSA) is 109 Å². The van der Waals surface area contributed by atoms with Gasteiger partial charge in [0.15, 0.2) is 0 Å². The zero-order valence-electron chi connectivity index (χ0n) is 17.8. The van der Waals surface area contributed by atoms with Crippen LogP contribution in [0.1, 0.15) is 66.7 Å². The van der Waals surface area contributed by atoms with Crippen LogP contribution < -0.4 is 174 Å². The molecule has 0 fully saturated rings. The third-order valence-corrected chi connectivity index (χ3v) is 10.3. The Morgan fingerprint density at radius 1 is 0.962 bits per heavy atom. The molecule has 0 saturated heterocycles. The molecule has 10 heteroatoms. The molecule has 0 N–H and O–H groups in total. The second kappa shape index (κ2) is 18.3. The van der Waals surface area contributed by atoms with Crippen LogP contribution in [0.3, 0.4) is 0 Å². The zero-order chi connectivity index (χ0) is 18.3. The van der Waals surface area contributed by atoms with Gasteiger partial charge in [0.25, 0.3) is 0 Å². The first-order chi connectivity index (χ1) is 10.4. The second-order valence-corrected chi connectivity index (χ2v) is 11.1. The fraction of sp³-hybridized carbons (Fsp3) is 0.750. The van der Waals surface area contributed by atoms with Crippen LogP contribution >= 0.6 is 15.3 Å². The van der Waals surface area contributed by atoms with Gasteiger partial charge in [-0.25, -0.2) is 0 Å². The average molecular weight is 481 g/mol. The molecule has 5 nitrogen and oxygen atoms in total. The molecule has 0 amide bonds. The van der Waals surface area contributed by atoms with Gasteiger partial charge >= 0.3 is 154 Å². The van der Waals surface area contributed by atoms with E-state index >= 15 is 0 Å². The molecule has 136 valence electrons. The molecule has 0 aromatic carbocycles. The van der Waals surface area contributed by atoms with Crippen molar-refractivity contribution in [1.29, 1.82) is 0 Å². The molecule has 1 atom stereocenters. The third-order valence-electron chi connectivity index (χ3n) is 4.28. The maximum Gasteiger partial charge on any atom is 1.00 e. The summed E-state index contributed by atoms with van der Waals surface area (Å²) in [4.78, 5) is 44.9. The fourth-order valence-electron chi connectivity index (χ4n) is 2.69. The van der Waals surface area contributed by atoms with Crippen molar-refractivity contribution in [3.05, 3.63) is 23.3 Å². The van der Waals surface area contributed by atoms with Crippen molar-refractivity contribution in [2.75, 3.05) is 6.16 Å². The van der Waals surface area contributed by atoms with Gasteiger partial charge in [0.2, 0.25) is 0 Å². The van der Waals surface area contributed by atoms with Crippen molar-refractivity contribution in [2.24, 2.45) is 0 Å². The maximum absolute atomic E-state index is 12.5. The number of hydrogen-bond donors (Lipinski definition) is 0. The first-order valence-electron chi connectivity index (χ1n) is 8.05.